The highest BCUT2D eigenvalue weighted by Gasteiger charge is 2.56. The van der Waals surface area contributed by atoms with Crippen molar-refractivity contribution < 1.29 is 9.53 Å². The van der Waals surface area contributed by atoms with Gasteiger partial charge in [-0.2, -0.15) is 0 Å². The van der Waals surface area contributed by atoms with Crippen LogP contribution in [-0.2, 0) is 15.2 Å². The molecule has 5 rings (SSSR count). The average Bonchev–Trinajstić information content (AvgIpc) is 3.18. The third kappa shape index (κ3) is 3.74. The second kappa shape index (κ2) is 9.56. The zero-order chi connectivity index (χ0) is 25.4. The van der Waals surface area contributed by atoms with Crippen LogP contribution in [-0.4, -0.2) is 36.6 Å². The first-order valence-corrected chi connectivity index (χ1v) is 13.3. The number of amidine groups is 1. The molecule has 0 N–H and O–H groups in total. The molecule has 0 saturated heterocycles. The van der Waals surface area contributed by atoms with Crippen molar-refractivity contribution in [2.24, 2.45) is 5.10 Å². The van der Waals surface area contributed by atoms with Crippen LogP contribution in [0.15, 0.2) is 89.1 Å². The highest BCUT2D eigenvalue weighted by molar-refractivity contribution is 8.02. The number of nitrogens with zero attached hydrogens (tertiary/aromatic N) is 4. The highest BCUT2D eigenvalue weighted by atomic mass is 35.5. The lowest BCUT2D eigenvalue weighted by atomic mass is 9.87. The van der Waals surface area contributed by atoms with Gasteiger partial charge in [-0.3, -0.25) is 4.90 Å². The number of hydrogen-bond acceptors (Lipinski definition) is 7. The predicted octanol–water partition coefficient (Wildman–Crippen LogP) is 6.16. The Labute approximate surface area is 220 Å². The van der Waals surface area contributed by atoms with Crippen LogP contribution in [0.1, 0.15) is 23.6 Å². The van der Waals surface area contributed by atoms with Gasteiger partial charge in [0.15, 0.2) is 5.66 Å². The Morgan fingerprint density at radius 2 is 1.81 bits per heavy atom. The number of aryl methyl sites for hydroxylation is 1. The van der Waals surface area contributed by atoms with E-state index in [2.05, 4.69) is 17.0 Å². The van der Waals surface area contributed by atoms with E-state index < -0.39 is 11.6 Å². The van der Waals surface area contributed by atoms with Crippen molar-refractivity contribution in [2.45, 2.75) is 19.5 Å². The zero-order valence-electron chi connectivity index (χ0n) is 20.6. The topological polar surface area (TPSA) is 48.4 Å². The van der Waals surface area contributed by atoms with E-state index in [0.717, 1.165) is 33.1 Å². The van der Waals surface area contributed by atoms with Crippen LogP contribution in [0.5, 0.6) is 0 Å². The number of esters is 1. The average molecular weight is 519 g/mol. The number of carbonyl (C=O) groups is 1. The molecule has 0 aliphatic carbocycles. The van der Waals surface area contributed by atoms with Crippen LogP contribution in [0.3, 0.4) is 0 Å². The molecule has 1 unspecified atom stereocenters. The molecule has 8 heteroatoms. The maximum absolute atomic E-state index is 13.4. The van der Waals surface area contributed by atoms with Gasteiger partial charge in [0.05, 0.1) is 17.3 Å². The molecule has 2 aliphatic rings. The molecule has 2 aliphatic heterocycles. The Hall–Kier alpha value is -3.42. The molecule has 0 spiro atoms. The summed E-state index contributed by atoms with van der Waals surface area (Å²) in [5, 5.41) is 8.40. The molecule has 184 valence electrons. The standard InChI is InChI=1S/C28H27ClN4O2S/c1-5-35-27(34)26-30-33(22-14-11-19(2)12-15-22)28(20-9-7-6-8-10-20)23-17-21(29)13-16-24(23)31(3)25(36-4)18-32(26)28/h6-18H,5H2,1-4H3. The molecule has 2 heterocycles. The van der Waals surface area contributed by atoms with E-state index in [4.69, 9.17) is 21.4 Å². The second-order valence-electron chi connectivity index (χ2n) is 8.59. The van der Waals surface area contributed by atoms with Gasteiger partial charge in [0.2, 0.25) is 5.84 Å². The Kier molecular flexibility index (Phi) is 6.45. The number of carbonyl (C=O) groups excluding carboxylic acids is 1. The van der Waals surface area contributed by atoms with Gasteiger partial charge in [-0.15, -0.1) is 16.9 Å². The van der Waals surface area contributed by atoms with Crippen LogP contribution in [0.4, 0.5) is 11.4 Å². The lowest BCUT2D eigenvalue weighted by Gasteiger charge is -2.43. The van der Waals surface area contributed by atoms with Crippen molar-refractivity contribution in [1.29, 1.82) is 0 Å². The third-order valence-electron chi connectivity index (χ3n) is 6.47. The summed E-state index contributed by atoms with van der Waals surface area (Å²) in [5.74, 6) is -0.286. The van der Waals surface area contributed by atoms with Crippen molar-refractivity contribution in [1.82, 2.24) is 4.90 Å². The Morgan fingerprint density at radius 3 is 2.47 bits per heavy atom. The van der Waals surface area contributed by atoms with Crippen LogP contribution in [0.25, 0.3) is 0 Å². The fourth-order valence-corrected chi connectivity index (χ4v) is 5.56. The SMILES string of the molecule is CCOC(=O)C1=NN(c2ccc(C)cc2)C2(c3ccccc3)c3cc(Cl)ccc3N(C)C(SC)=CN12. The lowest BCUT2D eigenvalue weighted by Crippen LogP contribution is -2.52. The highest BCUT2D eigenvalue weighted by Crippen LogP contribution is 2.52. The minimum Gasteiger partial charge on any atom is -0.460 e. The molecule has 3 aromatic rings. The van der Waals surface area contributed by atoms with Crippen molar-refractivity contribution in [3.8, 4) is 0 Å². The fraction of sp³-hybridized carbons (Fsp3) is 0.214. The molecule has 0 radical (unpaired) electrons. The first kappa shape index (κ1) is 24.3. The molecule has 36 heavy (non-hydrogen) atoms. The van der Waals surface area contributed by atoms with Gasteiger partial charge in [-0.05, 0) is 50.4 Å². The van der Waals surface area contributed by atoms with Crippen LogP contribution in [0.2, 0.25) is 5.02 Å². The number of thioether (sulfide) groups is 1. The Morgan fingerprint density at radius 1 is 1.08 bits per heavy atom. The summed E-state index contributed by atoms with van der Waals surface area (Å²) in [6.45, 7) is 4.09. The predicted molar refractivity (Wildman–Crippen MR) is 148 cm³/mol. The molecule has 0 amide bonds. The monoisotopic (exact) mass is 518 g/mol. The number of anilines is 2. The maximum Gasteiger partial charge on any atom is 0.376 e. The van der Waals surface area contributed by atoms with E-state index in [9.17, 15) is 4.79 Å². The van der Waals surface area contributed by atoms with Crippen LogP contribution >= 0.6 is 23.4 Å². The van der Waals surface area contributed by atoms with Crippen molar-refractivity contribution in [3.05, 3.63) is 106 Å². The second-order valence-corrected chi connectivity index (χ2v) is 9.85. The largest absolute Gasteiger partial charge is 0.460 e. The van der Waals surface area contributed by atoms with E-state index in [1.165, 1.54) is 0 Å². The summed E-state index contributed by atoms with van der Waals surface area (Å²) in [6, 6.07) is 24.1. The van der Waals surface area contributed by atoms with E-state index in [0.29, 0.717) is 5.02 Å². The van der Waals surface area contributed by atoms with Gasteiger partial charge in [-0.1, -0.05) is 59.6 Å². The normalized spacial score (nSPS) is 18.8. The van der Waals surface area contributed by atoms with E-state index >= 15 is 0 Å². The summed E-state index contributed by atoms with van der Waals surface area (Å²) in [6.07, 6.45) is 4.00. The molecular weight excluding hydrogens is 492 g/mol. The molecule has 1 atom stereocenters. The van der Waals surface area contributed by atoms with E-state index in [1.54, 1.807) is 18.7 Å². The number of hydrazone groups is 1. The first-order chi connectivity index (χ1) is 17.4. The molecule has 6 nitrogen and oxygen atoms in total. The van der Waals surface area contributed by atoms with Gasteiger partial charge in [0, 0.05) is 35.1 Å². The minimum atomic E-state index is -1.04. The van der Waals surface area contributed by atoms with E-state index in [-0.39, 0.29) is 12.4 Å². The first-order valence-electron chi connectivity index (χ1n) is 11.7. The zero-order valence-corrected chi connectivity index (χ0v) is 22.2. The molecular formula is C28H27ClN4O2S. The van der Waals surface area contributed by atoms with Crippen molar-refractivity contribution >= 4 is 46.5 Å². The number of fused-ring (bicyclic) bond motifs is 3. The Bertz CT molecular complexity index is 1360. The molecule has 0 aromatic heterocycles. The summed E-state index contributed by atoms with van der Waals surface area (Å²) >= 11 is 8.23. The van der Waals surface area contributed by atoms with Gasteiger partial charge in [0.25, 0.3) is 0 Å². The summed E-state index contributed by atoms with van der Waals surface area (Å²) in [4.78, 5) is 17.4. The minimum absolute atomic E-state index is 0.203. The number of ether oxygens (including phenoxy) is 1. The van der Waals surface area contributed by atoms with Crippen LogP contribution < -0.4 is 9.91 Å². The van der Waals surface area contributed by atoms with Crippen LogP contribution in [0, 0.1) is 6.92 Å². The number of rotatable bonds is 5. The molecule has 0 saturated carbocycles. The molecule has 0 fully saturated rings. The summed E-state index contributed by atoms with van der Waals surface area (Å²) < 4.78 is 5.49. The summed E-state index contributed by atoms with van der Waals surface area (Å²) in [5.41, 5.74) is 3.72. The van der Waals surface area contributed by atoms with E-state index in [1.807, 2.05) is 97.0 Å². The number of benzene rings is 3. The number of halogens is 1. The molecule has 3 aromatic carbocycles. The van der Waals surface area contributed by atoms with Gasteiger partial charge < -0.3 is 9.64 Å². The smallest absolute Gasteiger partial charge is 0.376 e. The Balaban J connectivity index is 1.92. The van der Waals surface area contributed by atoms with Crippen molar-refractivity contribution in [3.63, 3.8) is 0 Å². The van der Waals surface area contributed by atoms with Gasteiger partial charge >= 0.3 is 5.97 Å². The number of hydrogen-bond donors (Lipinski definition) is 0. The fourth-order valence-electron chi connectivity index (χ4n) is 4.81. The third-order valence-corrected chi connectivity index (χ3v) is 7.50. The van der Waals surface area contributed by atoms with Crippen molar-refractivity contribution in [2.75, 3.05) is 29.8 Å². The maximum atomic E-state index is 13.4. The summed E-state index contributed by atoms with van der Waals surface area (Å²) in [7, 11) is 2.02. The van der Waals surface area contributed by atoms with Gasteiger partial charge in [-0.25, -0.2) is 9.80 Å². The molecule has 0 bridgehead atoms. The lowest BCUT2D eigenvalue weighted by molar-refractivity contribution is -0.135. The quantitative estimate of drug-likeness (QED) is 0.377. The van der Waals surface area contributed by atoms with Gasteiger partial charge in [0.1, 0.15) is 0 Å².